The van der Waals surface area contributed by atoms with Gasteiger partial charge in [0.05, 0.1) is 11.9 Å². The number of hydrogen-bond donors (Lipinski definition) is 4. The number of amides is 2. The molecule has 2 aromatic rings. The van der Waals surface area contributed by atoms with Crippen LogP contribution in [0.2, 0.25) is 0 Å². The summed E-state index contributed by atoms with van der Waals surface area (Å²) in [6.45, 7) is 0. The first kappa shape index (κ1) is 26.8. The third kappa shape index (κ3) is 9.21. The van der Waals surface area contributed by atoms with Crippen LogP contribution < -0.4 is 20.8 Å². The molecule has 0 atom stereocenters. The second-order valence-electron chi connectivity index (χ2n) is 5.25. The van der Waals surface area contributed by atoms with Crippen molar-refractivity contribution in [3.63, 3.8) is 0 Å². The van der Waals surface area contributed by atoms with Gasteiger partial charge in [-0.25, -0.2) is 9.59 Å². The quantitative estimate of drug-likeness (QED) is 0.283. The maximum atomic E-state index is 10.7. The molecule has 0 aliphatic heterocycles. The normalized spacial score (nSPS) is 9.03. The Bertz CT molecular complexity index is 906. The minimum absolute atomic E-state index is 0. The van der Waals surface area contributed by atoms with Crippen LogP contribution in [0.15, 0.2) is 48.5 Å². The summed E-state index contributed by atoms with van der Waals surface area (Å²) in [5, 5.41) is 41.4. The molecule has 0 saturated carbocycles. The van der Waals surface area contributed by atoms with Crippen LogP contribution >= 0.6 is 0 Å². The van der Waals surface area contributed by atoms with E-state index >= 15 is 0 Å². The van der Waals surface area contributed by atoms with E-state index in [9.17, 15) is 39.0 Å². The molecule has 0 saturated heterocycles. The zero-order valence-corrected chi connectivity index (χ0v) is 16.0. The Morgan fingerprint density at radius 2 is 0.839 bits per heavy atom. The number of rotatable bonds is 4. The number of anilines is 2. The van der Waals surface area contributed by atoms with Crippen LogP contribution in [0.3, 0.4) is 0 Å². The van der Waals surface area contributed by atoms with Gasteiger partial charge in [-0.05, 0) is 35.4 Å². The fourth-order valence-corrected chi connectivity index (χ4v) is 1.75. The first-order valence-corrected chi connectivity index (χ1v) is 7.72. The molecule has 0 aliphatic carbocycles. The molecular weight excluding hydrogens is 468 g/mol. The van der Waals surface area contributed by atoms with Crippen molar-refractivity contribution in [3.8, 4) is 0 Å². The molecule has 0 unspecified atom stereocenters. The van der Waals surface area contributed by atoms with Gasteiger partial charge in [-0.2, -0.15) is 0 Å². The van der Waals surface area contributed by atoms with Crippen LogP contribution in [-0.4, -0.2) is 45.9 Å². The number of hydrogen-bond acceptors (Lipinski definition) is 8. The summed E-state index contributed by atoms with van der Waals surface area (Å²) in [4.78, 5) is 62.4. The van der Waals surface area contributed by atoms with Gasteiger partial charge in [0.1, 0.15) is 0 Å². The Hall–Kier alpha value is -4.22. The molecule has 0 aliphatic rings. The van der Waals surface area contributed by atoms with Crippen molar-refractivity contribution in [1.29, 1.82) is 0 Å². The maximum absolute atomic E-state index is 10.7. The number of carbonyl (C=O) groups excluding carboxylic acids is 4. The summed E-state index contributed by atoms with van der Waals surface area (Å²) in [6, 6.07) is 9.88. The van der Waals surface area contributed by atoms with Gasteiger partial charge in [-0.3, -0.25) is 9.59 Å². The molecule has 2 amide bonds. The van der Waals surface area contributed by atoms with Gasteiger partial charge in [0.2, 0.25) is 0 Å². The minimum atomic E-state index is -1.61. The molecule has 0 spiro atoms. The van der Waals surface area contributed by atoms with Crippen molar-refractivity contribution in [1.82, 2.24) is 0 Å². The molecule has 0 heterocycles. The average molecular weight is 480 g/mol. The Labute approximate surface area is 184 Å². The number of benzene rings is 2. The Kier molecular flexibility index (Phi) is 10.7. The number of aliphatic carboxylic acids is 2. The third-order valence-electron chi connectivity index (χ3n) is 3.15. The van der Waals surface area contributed by atoms with Crippen molar-refractivity contribution in [2.45, 2.75) is 0 Å². The van der Waals surface area contributed by atoms with Crippen molar-refractivity contribution in [3.05, 3.63) is 59.7 Å². The Morgan fingerprint density at radius 1 is 0.581 bits per heavy atom. The topological polar surface area (TPSA) is 213 Å². The molecule has 31 heavy (non-hydrogen) atoms. The molecule has 0 fully saturated rings. The van der Waals surface area contributed by atoms with Crippen LogP contribution in [0.1, 0.15) is 20.7 Å². The number of aromatic carboxylic acids is 2. The monoisotopic (exact) mass is 479 g/mol. The van der Waals surface area contributed by atoms with Crippen molar-refractivity contribution in [2.75, 3.05) is 10.6 Å². The smallest absolute Gasteiger partial charge is 0.545 e. The van der Waals surface area contributed by atoms with E-state index in [0.29, 0.717) is 0 Å². The fraction of sp³-hybridized carbons (Fsp3) is 0. The largest absolute Gasteiger partial charge is 2.00 e. The van der Waals surface area contributed by atoms with Crippen molar-refractivity contribution in [2.24, 2.45) is 0 Å². The summed E-state index contributed by atoms with van der Waals surface area (Å²) in [6.07, 6.45) is 0. The van der Waals surface area contributed by atoms with E-state index in [2.05, 4.69) is 10.6 Å². The number of carboxylic acids is 4. The summed E-state index contributed by atoms with van der Waals surface area (Å²) < 4.78 is 0. The molecular formula is C18H12CuN2O10. The Balaban J connectivity index is 0.000000562. The SMILES string of the molecule is O=C(O)C(=O)Nc1ccc(C(=O)[O-])cc1.O=C(O)C(=O)Nc1ccc(C(=O)[O-])cc1.[Cu+2]. The maximum Gasteiger partial charge on any atom is 2.00 e. The molecule has 1 radical (unpaired) electrons. The van der Waals surface area contributed by atoms with Crippen LogP contribution in [0.5, 0.6) is 0 Å². The summed E-state index contributed by atoms with van der Waals surface area (Å²) in [5.41, 5.74) is 0.298. The van der Waals surface area contributed by atoms with Crippen LogP contribution in [0.4, 0.5) is 11.4 Å². The second kappa shape index (κ2) is 12.4. The molecule has 13 heteroatoms. The number of carboxylic acid groups (broad SMARTS) is 4. The number of nitrogens with one attached hydrogen (secondary N) is 2. The summed E-state index contributed by atoms with van der Waals surface area (Å²) in [7, 11) is 0. The van der Waals surface area contributed by atoms with E-state index in [1.165, 1.54) is 48.5 Å². The average Bonchev–Trinajstić information content (AvgIpc) is 2.69. The van der Waals surface area contributed by atoms with E-state index in [1.807, 2.05) is 0 Å². The van der Waals surface area contributed by atoms with Crippen LogP contribution in [0.25, 0.3) is 0 Å². The van der Waals surface area contributed by atoms with E-state index in [4.69, 9.17) is 10.2 Å². The van der Waals surface area contributed by atoms with Crippen molar-refractivity contribution >= 4 is 47.1 Å². The van der Waals surface area contributed by atoms with Gasteiger partial charge in [0, 0.05) is 11.4 Å². The van der Waals surface area contributed by atoms with Crippen LogP contribution in [-0.2, 0) is 36.2 Å². The van der Waals surface area contributed by atoms with Gasteiger partial charge >= 0.3 is 40.8 Å². The molecule has 12 nitrogen and oxygen atoms in total. The zero-order chi connectivity index (χ0) is 22.8. The summed E-state index contributed by atoms with van der Waals surface area (Å²) in [5.74, 6) is -8.28. The molecule has 2 rings (SSSR count). The second-order valence-corrected chi connectivity index (χ2v) is 5.25. The van der Waals surface area contributed by atoms with Gasteiger partial charge in [0.15, 0.2) is 0 Å². The first-order valence-electron chi connectivity index (χ1n) is 7.72. The zero-order valence-electron chi connectivity index (χ0n) is 15.1. The first-order chi connectivity index (χ1) is 14.0. The minimum Gasteiger partial charge on any atom is -0.545 e. The van der Waals surface area contributed by atoms with Crippen molar-refractivity contribution < 1.29 is 66.3 Å². The van der Waals surface area contributed by atoms with E-state index < -0.39 is 35.7 Å². The standard InChI is InChI=1S/2C9H7NO5.Cu/c2*11-7(9(14)15)10-6-3-1-5(2-4-6)8(12)13;/h2*1-4H,(H,10,11)(H,12,13)(H,14,15);/q;;+2/p-2. The molecule has 0 aromatic heterocycles. The van der Waals surface area contributed by atoms with Gasteiger partial charge < -0.3 is 40.6 Å². The molecule has 4 N–H and O–H groups in total. The number of carbonyl (C=O) groups is 6. The van der Waals surface area contributed by atoms with E-state index in [-0.39, 0.29) is 39.6 Å². The summed E-state index contributed by atoms with van der Waals surface area (Å²) >= 11 is 0. The van der Waals surface area contributed by atoms with Gasteiger partial charge in [-0.15, -0.1) is 0 Å². The van der Waals surface area contributed by atoms with Gasteiger partial charge in [0.25, 0.3) is 0 Å². The predicted octanol–water partition coefficient (Wildman–Crippen LogP) is -1.86. The third-order valence-corrected chi connectivity index (χ3v) is 3.15. The van der Waals surface area contributed by atoms with E-state index in [1.54, 1.807) is 0 Å². The van der Waals surface area contributed by atoms with Gasteiger partial charge in [-0.1, -0.05) is 24.3 Å². The predicted molar refractivity (Wildman–Crippen MR) is 94.1 cm³/mol. The fourth-order valence-electron chi connectivity index (χ4n) is 1.75. The molecule has 2 aromatic carbocycles. The molecule has 0 bridgehead atoms. The Morgan fingerprint density at radius 3 is 1.03 bits per heavy atom. The van der Waals surface area contributed by atoms with Crippen LogP contribution in [0, 0.1) is 0 Å². The van der Waals surface area contributed by atoms with E-state index in [0.717, 1.165) is 0 Å². The molecule has 165 valence electrons.